The van der Waals surface area contributed by atoms with E-state index in [1.54, 1.807) is 0 Å². The molecule has 0 aromatic carbocycles. The molecule has 3 atom stereocenters. The van der Waals surface area contributed by atoms with Crippen LogP contribution in [0.4, 0.5) is 11.6 Å². The van der Waals surface area contributed by atoms with E-state index in [1.165, 1.54) is 17.8 Å². The lowest BCUT2D eigenvalue weighted by molar-refractivity contribution is -0.142. The minimum atomic E-state index is -0.749. The van der Waals surface area contributed by atoms with Crippen molar-refractivity contribution in [2.24, 2.45) is 11.8 Å². The van der Waals surface area contributed by atoms with Crippen LogP contribution < -0.4 is 11.5 Å². The number of thioether (sulfide) groups is 1. The summed E-state index contributed by atoms with van der Waals surface area (Å²) >= 11 is 1.37. The van der Waals surface area contributed by atoms with E-state index in [4.69, 9.17) is 11.5 Å². The maximum Gasteiger partial charge on any atom is 0.307 e. The van der Waals surface area contributed by atoms with Gasteiger partial charge in [-0.25, -0.2) is 9.97 Å². The topological polar surface area (TPSA) is 115 Å². The average molecular weight is 282 g/mol. The number of anilines is 2. The molecule has 2 rings (SSSR count). The van der Waals surface area contributed by atoms with Crippen molar-refractivity contribution in [2.45, 2.75) is 36.6 Å². The Labute approximate surface area is 116 Å². The van der Waals surface area contributed by atoms with Gasteiger partial charge in [0.1, 0.15) is 11.6 Å². The van der Waals surface area contributed by atoms with Gasteiger partial charge in [-0.1, -0.05) is 18.7 Å². The second kappa shape index (κ2) is 5.64. The second-order valence-electron chi connectivity index (χ2n) is 5.02. The average Bonchev–Trinajstić information content (AvgIpc) is 2.26. The van der Waals surface area contributed by atoms with Crippen LogP contribution in [0.1, 0.15) is 26.2 Å². The van der Waals surface area contributed by atoms with Gasteiger partial charge in [-0.2, -0.15) is 0 Å². The molecule has 3 unspecified atom stereocenters. The van der Waals surface area contributed by atoms with Crippen LogP contribution in [0, 0.1) is 11.8 Å². The Morgan fingerprint density at radius 3 is 2.58 bits per heavy atom. The summed E-state index contributed by atoms with van der Waals surface area (Å²) in [5.41, 5.74) is 11.3. The normalized spacial score (nSPS) is 27.1. The zero-order valence-electron chi connectivity index (χ0n) is 10.7. The monoisotopic (exact) mass is 282 g/mol. The lowest BCUT2D eigenvalue weighted by atomic mass is 9.82. The van der Waals surface area contributed by atoms with Crippen molar-refractivity contribution in [1.29, 1.82) is 0 Å². The highest BCUT2D eigenvalue weighted by molar-refractivity contribution is 7.99. The SMILES string of the molecule is CC1CCC(C(=O)O)C(Sc2nc(N)cc(N)n2)C1. The van der Waals surface area contributed by atoms with Crippen LogP contribution in [0.15, 0.2) is 11.2 Å². The smallest absolute Gasteiger partial charge is 0.307 e. The van der Waals surface area contributed by atoms with Crippen molar-refractivity contribution in [3.8, 4) is 0 Å². The summed E-state index contributed by atoms with van der Waals surface area (Å²) < 4.78 is 0. The van der Waals surface area contributed by atoms with Gasteiger partial charge in [0, 0.05) is 11.3 Å². The molecule has 1 aliphatic rings. The molecular weight excluding hydrogens is 264 g/mol. The van der Waals surface area contributed by atoms with E-state index < -0.39 is 5.97 Å². The van der Waals surface area contributed by atoms with E-state index in [2.05, 4.69) is 16.9 Å². The Morgan fingerprint density at radius 2 is 2.00 bits per heavy atom. The van der Waals surface area contributed by atoms with Gasteiger partial charge in [0.2, 0.25) is 0 Å². The van der Waals surface area contributed by atoms with E-state index in [-0.39, 0.29) is 11.2 Å². The number of carbonyl (C=O) groups is 1. The number of nitrogens with zero attached hydrogens (tertiary/aromatic N) is 2. The molecule has 0 amide bonds. The summed E-state index contributed by atoms with van der Waals surface area (Å²) in [6.45, 7) is 2.14. The van der Waals surface area contributed by atoms with Gasteiger partial charge in [-0.3, -0.25) is 4.79 Å². The zero-order chi connectivity index (χ0) is 14.0. The highest BCUT2D eigenvalue weighted by atomic mass is 32.2. The summed E-state index contributed by atoms with van der Waals surface area (Å²) in [4.78, 5) is 19.5. The van der Waals surface area contributed by atoms with Crippen LogP contribution in [0.3, 0.4) is 0 Å². The molecule has 0 bridgehead atoms. The quantitative estimate of drug-likeness (QED) is 0.721. The van der Waals surface area contributed by atoms with Crippen LogP contribution in [-0.4, -0.2) is 26.3 Å². The molecule has 7 heteroatoms. The lowest BCUT2D eigenvalue weighted by Gasteiger charge is -2.31. The first-order chi connectivity index (χ1) is 8.95. The van der Waals surface area contributed by atoms with E-state index in [9.17, 15) is 9.90 Å². The Morgan fingerprint density at radius 1 is 1.37 bits per heavy atom. The molecule has 5 N–H and O–H groups in total. The molecule has 0 aliphatic heterocycles. The number of aliphatic carboxylic acids is 1. The van der Waals surface area contributed by atoms with E-state index in [0.29, 0.717) is 29.1 Å². The van der Waals surface area contributed by atoms with Crippen molar-refractivity contribution in [2.75, 3.05) is 11.5 Å². The van der Waals surface area contributed by atoms with Gasteiger partial charge in [0.05, 0.1) is 5.92 Å². The third-order valence-corrected chi connectivity index (χ3v) is 4.59. The molecule has 19 heavy (non-hydrogen) atoms. The van der Waals surface area contributed by atoms with Gasteiger partial charge in [0.25, 0.3) is 0 Å². The fourth-order valence-corrected chi connectivity index (χ4v) is 3.82. The minimum Gasteiger partial charge on any atom is -0.481 e. The summed E-state index contributed by atoms with van der Waals surface area (Å²) in [5, 5.41) is 9.71. The van der Waals surface area contributed by atoms with Crippen LogP contribution in [0.2, 0.25) is 0 Å². The predicted molar refractivity (Wildman–Crippen MR) is 74.6 cm³/mol. The number of aromatic nitrogens is 2. The van der Waals surface area contributed by atoms with Crippen molar-refractivity contribution < 1.29 is 9.90 Å². The molecule has 1 fully saturated rings. The Bertz CT molecular complexity index is 463. The molecule has 1 heterocycles. The minimum absolute atomic E-state index is 0.0255. The lowest BCUT2D eigenvalue weighted by Crippen LogP contribution is -2.32. The summed E-state index contributed by atoms with van der Waals surface area (Å²) in [6, 6.07) is 1.49. The van der Waals surface area contributed by atoms with Crippen LogP contribution >= 0.6 is 11.8 Å². The highest BCUT2D eigenvalue weighted by Gasteiger charge is 2.34. The summed E-state index contributed by atoms with van der Waals surface area (Å²) in [7, 11) is 0. The standard InChI is InChI=1S/C12H18N4O2S/c1-6-2-3-7(11(17)18)8(4-6)19-12-15-9(13)5-10(14)16-12/h5-8H,2-4H2,1H3,(H,17,18)(H4,13,14,15,16). The second-order valence-corrected chi connectivity index (χ2v) is 6.23. The first kappa shape index (κ1) is 13.9. The molecule has 6 nitrogen and oxygen atoms in total. The van der Waals surface area contributed by atoms with E-state index in [0.717, 1.165) is 12.8 Å². The molecule has 1 saturated carbocycles. The van der Waals surface area contributed by atoms with Crippen LogP contribution in [-0.2, 0) is 4.79 Å². The number of rotatable bonds is 3. The first-order valence-corrected chi connectivity index (χ1v) is 7.13. The number of hydrogen-bond acceptors (Lipinski definition) is 6. The number of nitrogens with two attached hydrogens (primary N) is 2. The number of carboxylic acid groups (broad SMARTS) is 1. The molecule has 0 spiro atoms. The Hall–Kier alpha value is -1.50. The Balaban J connectivity index is 2.16. The molecular formula is C12H18N4O2S. The first-order valence-electron chi connectivity index (χ1n) is 6.25. The van der Waals surface area contributed by atoms with Gasteiger partial charge < -0.3 is 16.6 Å². The van der Waals surface area contributed by atoms with E-state index >= 15 is 0 Å². The van der Waals surface area contributed by atoms with Crippen molar-refractivity contribution in [3.05, 3.63) is 6.07 Å². The van der Waals surface area contributed by atoms with Crippen molar-refractivity contribution >= 4 is 29.4 Å². The van der Waals surface area contributed by atoms with Crippen molar-refractivity contribution in [3.63, 3.8) is 0 Å². The number of nitrogen functional groups attached to an aromatic ring is 2. The molecule has 1 aromatic rings. The molecule has 1 aliphatic carbocycles. The zero-order valence-corrected chi connectivity index (χ0v) is 11.6. The van der Waals surface area contributed by atoms with Gasteiger partial charge in [-0.05, 0) is 25.2 Å². The highest BCUT2D eigenvalue weighted by Crippen LogP contribution is 2.39. The Kier molecular flexibility index (Phi) is 4.14. The number of hydrogen-bond donors (Lipinski definition) is 3. The predicted octanol–water partition coefficient (Wildman–Crippen LogP) is 1.62. The van der Waals surface area contributed by atoms with Crippen molar-refractivity contribution in [1.82, 2.24) is 9.97 Å². The third kappa shape index (κ3) is 3.50. The summed E-state index contributed by atoms with van der Waals surface area (Å²) in [6.07, 6.45) is 2.50. The van der Waals surface area contributed by atoms with Gasteiger partial charge >= 0.3 is 5.97 Å². The third-order valence-electron chi connectivity index (χ3n) is 3.37. The molecule has 1 aromatic heterocycles. The number of carboxylic acids is 1. The molecule has 0 saturated heterocycles. The molecule has 104 valence electrons. The van der Waals surface area contributed by atoms with Gasteiger partial charge in [-0.15, -0.1) is 0 Å². The van der Waals surface area contributed by atoms with Crippen LogP contribution in [0.5, 0.6) is 0 Å². The van der Waals surface area contributed by atoms with E-state index in [1.807, 2.05) is 0 Å². The fraction of sp³-hybridized carbons (Fsp3) is 0.583. The summed E-state index contributed by atoms with van der Waals surface area (Å²) in [5.74, 6) is 0.0386. The largest absolute Gasteiger partial charge is 0.481 e. The maximum atomic E-state index is 11.3. The van der Waals surface area contributed by atoms with Gasteiger partial charge in [0.15, 0.2) is 5.16 Å². The van der Waals surface area contributed by atoms with Crippen LogP contribution in [0.25, 0.3) is 0 Å². The fourth-order valence-electron chi connectivity index (χ4n) is 2.39. The maximum absolute atomic E-state index is 11.3. The molecule has 0 radical (unpaired) electrons.